The van der Waals surface area contributed by atoms with E-state index < -0.39 is 5.91 Å². The summed E-state index contributed by atoms with van der Waals surface area (Å²) in [6.07, 6.45) is 11.6. The van der Waals surface area contributed by atoms with E-state index in [9.17, 15) is 59.1 Å². The highest BCUT2D eigenvalue weighted by Gasteiger charge is 2.29. The van der Waals surface area contributed by atoms with E-state index >= 15 is 0 Å². The number of hydrogen-bond donors (Lipinski definition) is 9. The zero-order valence-electron chi connectivity index (χ0n) is 55.5. The van der Waals surface area contributed by atoms with Crippen LogP contribution in [-0.2, 0) is 60.1 Å². The molecule has 3 amide bonds. The van der Waals surface area contributed by atoms with Crippen LogP contribution in [0.15, 0.2) is 103 Å². The molecule has 0 atom stereocenters. The van der Waals surface area contributed by atoms with Gasteiger partial charge >= 0.3 is 0 Å². The number of amides is 3. The number of H-pyrrole nitrogens is 1. The Morgan fingerprint density at radius 2 is 0.780 bits per heavy atom. The SMILES string of the molecule is CC(C)(C)c1cc(CCC(=O)CNC(=O)CCc2cc(C(C)(C)C)c(O)c(C(C)(C)C)c2)cc(C(C)(C)C)c1O.O=C(CCCCCCCCCCC(=O)NCC(=O)c1ccccc1O)CNC(=O)c1ccccc1O.O=C(Cc1ncn[nH]1)c1ccccc1O. The number of phenolic OH excluding ortho intramolecular Hbond substituents is 5. The Kier molecular flexibility index (Phi) is 28.8. The average Bonchev–Trinajstić information content (AvgIpc) is 1.12. The van der Waals surface area contributed by atoms with Gasteiger partial charge in [-0.1, -0.05) is 182 Å². The molecule has 0 aliphatic heterocycles. The van der Waals surface area contributed by atoms with Crippen LogP contribution in [0.4, 0.5) is 0 Å². The summed E-state index contributed by atoms with van der Waals surface area (Å²) >= 11 is 0. The lowest BCUT2D eigenvalue weighted by Gasteiger charge is -2.28. The summed E-state index contributed by atoms with van der Waals surface area (Å²) in [4.78, 5) is 88.7. The molecule has 1 aromatic heterocycles. The van der Waals surface area contributed by atoms with Gasteiger partial charge in [-0.15, -0.1) is 0 Å². The molecule has 18 heteroatoms. The highest BCUT2D eigenvalue weighted by atomic mass is 16.3. The van der Waals surface area contributed by atoms with Gasteiger partial charge < -0.3 is 41.5 Å². The lowest BCUT2D eigenvalue weighted by molar-refractivity contribution is -0.125. The minimum Gasteiger partial charge on any atom is -0.507 e. The number of hydrogen-bond acceptors (Lipinski definition) is 14. The van der Waals surface area contributed by atoms with Gasteiger partial charge in [0.25, 0.3) is 5.91 Å². The Labute approximate surface area is 537 Å². The van der Waals surface area contributed by atoms with Gasteiger partial charge in [0, 0.05) is 25.7 Å². The molecule has 18 nitrogen and oxygen atoms in total. The summed E-state index contributed by atoms with van der Waals surface area (Å²) in [5.74, 6) is -0.399. The summed E-state index contributed by atoms with van der Waals surface area (Å²) in [5, 5.41) is 64.8. The van der Waals surface area contributed by atoms with Gasteiger partial charge in [-0.25, -0.2) is 4.98 Å². The first-order valence-electron chi connectivity index (χ1n) is 31.5. The van der Waals surface area contributed by atoms with E-state index in [1.54, 1.807) is 42.5 Å². The maximum atomic E-state index is 12.7. The molecule has 5 aromatic carbocycles. The molecule has 0 bridgehead atoms. The Bertz CT molecular complexity index is 3150. The van der Waals surface area contributed by atoms with Crippen molar-refractivity contribution >= 4 is 40.9 Å². The minimum atomic E-state index is -0.458. The number of nitrogens with one attached hydrogen (secondary N) is 4. The number of rotatable bonds is 28. The Morgan fingerprint density at radius 3 is 1.21 bits per heavy atom. The zero-order valence-corrected chi connectivity index (χ0v) is 55.5. The second-order valence-electron chi connectivity index (χ2n) is 27.2. The van der Waals surface area contributed by atoms with E-state index in [2.05, 4.69) is 114 Å². The molecule has 0 saturated heterocycles. The lowest BCUT2D eigenvalue weighted by atomic mass is 9.78. The van der Waals surface area contributed by atoms with E-state index in [0.29, 0.717) is 55.0 Å². The number of phenols is 5. The molecule has 0 unspecified atom stereocenters. The molecule has 0 spiro atoms. The number of Topliss-reactive ketones (excluding diaryl/α,β-unsaturated/α-hetero) is 4. The van der Waals surface area contributed by atoms with E-state index in [0.717, 1.165) is 84.7 Å². The smallest absolute Gasteiger partial charge is 0.255 e. The summed E-state index contributed by atoms with van der Waals surface area (Å²) < 4.78 is 0. The van der Waals surface area contributed by atoms with Crippen molar-refractivity contribution < 1.29 is 59.1 Å². The summed E-state index contributed by atoms with van der Waals surface area (Å²) in [7, 11) is 0. The van der Waals surface area contributed by atoms with Crippen LogP contribution in [0.5, 0.6) is 28.7 Å². The lowest BCUT2D eigenvalue weighted by Crippen LogP contribution is -2.30. The van der Waals surface area contributed by atoms with Crippen molar-refractivity contribution in [2.75, 3.05) is 19.6 Å². The molecule has 0 fully saturated rings. The molecule has 9 N–H and O–H groups in total. The van der Waals surface area contributed by atoms with Crippen molar-refractivity contribution in [3.63, 3.8) is 0 Å². The van der Waals surface area contributed by atoms with Gasteiger partial charge in [-0.05, 0) is 117 Å². The highest BCUT2D eigenvalue weighted by Crippen LogP contribution is 2.41. The maximum Gasteiger partial charge on any atom is 0.255 e. The van der Waals surface area contributed by atoms with Crippen LogP contribution in [0.25, 0.3) is 0 Å². The van der Waals surface area contributed by atoms with E-state index in [4.69, 9.17) is 0 Å². The number of ketones is 4. The molecule has 0 saturated carbocycles. The molecular formula is C73H98N6O12. The van der Waals surface area contributed by atoms with Crippen LogP contribution in [0, 0.1) is 0 Å². The Morgan fingerprint density at radius 1 is 0.418 bits per heavy atom. The fourth-order valence-corrected chi connectivity index (χ4v) is 9.92. The largest absolute Gasteiger partial charge is 0.507 e. The van der Waals surface area contributed by atoms with Crippen molar-refractivity contribution in [3.8, 4) is 28.7 Å². The van der Waals surface area contributed by atoms with E-state index in [1.165, 1.54) is 36.7 Å². The molecule has 0 aliphatic rings. The maximum absolute atomic E-state index is 12.7. The van der Waals surface area contributed by atoms with Crippen molar-refractivity contribution in [1.29, 1.82) is 0 Å². The standard InChI is InChI=1S/C35H53NO4.C28H36N2O6.C10H9N3O2/c1-32(2,3)25-17-22(18-26(30(25)39)33(4,5)6)13-15-24(37)21-36-29(38)16-14-23-19-27(34(7,8)9)31(40)28(20-23)35(10,11)12;31-21(19-30-28(36)23-15-10-12-17-25(23)33)13-7-5-3-1-2-4-6-8-18-27(35)29-20-26(34)22-14-9-11-16-24(22)32;14-8-4-2-1-3-7(8)9(15)5-10-11-6-12-13-10/h17-20,39-40H,13-16,21H2,1-12H3,(H,36,38);9-12,14-17,32-33H,1-8,13,18-20H2,(H,29,35)(H,30,36);1-4,6,14H,5H2,(H,11,12,13). The first-order valence-corrected chi connectivity index (χ1v) is 31.5. The van der Waals surface area contributed by atoms with Gasteiger partial charge in [-0.3, -0.25) is 38.7 Å². The third kappa shape index (κ3) is 25.6. The summed E-state index contributed by atoms with van der Waals surface area (Å²) in [6.45, 7) is 24.7. The molecule has 6 rings (SSSR count). The second-order valence-corrected chi connectivity index (χ2v) is 27.2. The number of aryl methyl sites for hydroxylation is 2. The van der Waals surface area contributed by atoms with E-state index in [-0.39, 0.29) is 117 Å². The molecule has 0 radical (unpaired) electrons. The molecular weight excluding hydrogens is 1150 g/mol. The molecule has 0 aliphatic carbocycles. The Hall–Kier alpha value is -8.67. The number of para-hydroxylation sites is 3. The summed E-state index contributed by atoms with van der Waals surface area (Å²) in [5.41, 5.74) is 5.30. The first kappa shape index (κ1) is 74.8. The fraction of sp³-hybridized carbons (Fsp3) is 0.466. The van der Waals surface area contributed by atoms with Crippen LogP contribution in [-0.4, -0.2) is 101 Å². The van der Waals surface area contributed by atoms with Gasteiger partial charge in [0.2, 0.25) is 11.8 Å². The van der Waals surface area contributed by atoms with Gasteiger partial charge in [-0.2, -0.15) is 5.10 Å². The average molecular weight is 1250 g/mol. The van der Waals surface area contributed by atoms with Gasteiger partial charge in [0.15, 0.2) is 23.1 Å². The number of carbonyl (C=O) groups is 7. The second kappa shape index (κ2) is 35.1. The first-order chi connectivity index (χ1) is 42.7. The van der Waals surface area contributed by atoms with Crippen LogP contribution < -0.4 is 16.0 Å². The molecule has 91 heavy (non-hydrogen) atoms. The Balaban J connectivity index is 0.000000317. The van der Waals surface area contributed by atoms with Crippen LogP contribution in [0.1, 0.15) is 230 Å². The predicted octanol–water partition coefficient (Wildman–Crippen LogP) is 12.8. The highest BCUT2D eigenvalue weighted by molar-refractivity contribution is 6.02. The van der Waals surface area contributed by atoms with Crippen molar-refractivity contribution in [3.05, 3.63) is 159 Å². The predicted molar refractivity (Wildman–Crippen MR) is 355 cm³/mol. The third-order valence-electron chi connectivity index (χ3n) is 15.2. The van der Waals surface area contributed by atoms with Crippen molar-refractivity contribution in [2.24, 2.45) is 0 Å². The summed E-state index contributed by atoms with van der Waals surface area (Å²) in [6, 6.07) is 26.9. The van der Waals surface area contributed by atoms with Gasteiger partial charge in [0.05, 0.1) is 42.7 Å². The van der Waals surface area contributed by atoms with Crippen molar-refractivity contribution in [1.82, 2.24) is 31.1 Å². The number of unbranched alkanes of at least 4 members (excludes halogenated alkanes) is 7. The monoisotopic (exact) mass is 1250 g/mol. The number of benzene rings is 5. The minimum absolute atomic E-state index is 0.00519. The number of nitrogens with zero attached hydrogens (tertiary/aromatic N) is 2. The molecule has 6 aromatic rings. The fourth-order valence-electron chi connectivity index (χ4n) is 9.92. The quantitative estimate of drug-likeness (QED) is 0.0163. The number of carbonyl (C=O) groups excluding carboxylic acids is 7. The number of aromatic nitrogens is 3. The third-order valence-corrected chi connectivity index (χ3v) is 15.2. The normalized spacial score (nSPS) is 11.5. The van der Waals surface area contributed by atoms with E-state index in [1.807, 2.05) is 24.3 Å². The van der Waals surface area contributed by atoms with Crippen molar-refractivity contribution in [2.45, 2.75) is 201 Å². The molecule has 492 valence electrons. The van der Waals surface area contributed by atoms with Gasteiger partial charge in [0.1, 0.15) is 40.9 Å². The molecule has 1 heterocycles. The van der Waals surface area contributed by atoms with Crippen LogP contribution >= 0.6 is 0 Å². The number of aromatic hydroxyl groups is 5. The topological polar surface area (TPSA) is 298 Å². The number of aromatic amines is 1. The van der Waals surface area contributed by atoms with Crippen LogP contribution in [0.3, 0.4) is 0 Å². The van der Waals surface area contributed by atoms with Crippen LogP contribution in [0.2, 0.25) is 0 Å². The zero-order chi connectivity index (χ0) is 67.7.